The van der Waals surface area contributed by atoms with Crippen LogP contribution in [-0.4, -0.2) is 70.0 Å². The van der Waals surface area contributed by atoms with Gasteiger partial charge in [-0.25, -0.2) is 4.79 Å². The number of nitrogens with one attached hydrogen (secondary N) is 1. The van der Waals surface area contributed by atoms with E-state index in [0.717, 1.165) is 43.2 Å². The summed E-state index contributed by atoms with van der Waals surface area (Å²) in [5.74, 6) is -0.292. The van der Waals surface area contributed by atoms with E-state index in [4.69, 9.17) is 9.47 Å². The highest BCUT2D eigenvalue weighted by Gasteiger charge is 2.27. The zero-order valence-electron chi connectivity index (χ0n) is 24.6. The lowest BCUT2D eigenvalue weighted by Crippen LogP contribution is -2.45. The molecule has 0 unspecified atom stereocenters. The molecule has 3 heterocycles. The van der Waals surface area contributed by atoms with Crippen molar-refractivity contribution in [1.29, 1.82) is 0 Å². The normalized spacial score (nSPS) is 15.3. The van der Waals surface area contributed by atoms with Crippen molar-refractivity contribution in [3.05, 3.63) is 71.0 Å². The zero-order chi connectivity index (χ0) is 30.4. The fourth-order valence-electron chi connectivity index (χ4n) is 5.27. The minimum atomic E-state index is -0.947. The van der Waals surface area contributed by atoms with Crippen LogP contribution in [0, 0.1) is 0 Å². The summed E-state index contributed by atoms with van der Waals surface area (Å²) in [6, 6.07) is 12.3. The number of methoxy groups -OCH3 is 1. The van der Waals surface area contributed by atoms with E-state index in [2.05, 4.69) is 12.2 Å². The van der Waals surface area contributed by atoms with Crippen molar-refractivity contribution in [2.45, 2.75) is 70.9 Å². The molecule has 1 fully saturated rings. The molecule has 3 aromatic rings. The lowest BCUT2D eigenvalue weighted by Gasteiger charge is -2.30. The second kappa shape index (κ2) is 13.1. The monoisotopic (exact) mass is 577 g/mol. The number of ether oxygens (including phenoxy) is 2. The molecule has 4 rings (SSSR count). The summed E-state index contributed by atoms with van der Waals surface area (Å²) in [4.78, 5) is 51.3. The Labute approximate surface area is 245 Å². The number of unbranched alkanes of at least 4 members (excludes halogenated alkanes) is 1. The first kappa shape index (κ1) is 30.6. The molecule has 10 heteroatoms. The third-order valence-corrected chi connectivity index (χ3v) is 7.46. The van der Waals surface area contributed by atoms with Crippen molar-refractivity contribution in [3.8, 4) is 5.75 Å². The number of fused-ring (bicyclic) bond motifs is 1. The molecule has 0 radical (unpaired) electrons. The van der Waals surface area contributed by atoms with Crippen LogP contribution in [0.1, 0.15) is 84.8 Å². The van der Waals surface area contributed by atoms with Crippen molar-refractivity contribution in [2.24, 2.45) is 0 Å². The van der Waals surface area contributed by atoms with E-state index < -0.39 is 17.6 Å². The fraction of sp³-hybridized carbons (Fsp3) is 0.438. The highest BCUT2D eigenvalue weighted by Crippen LogP contribution is 2.25. The third kappa shape index (κ3) is 7.29. The molecule has 10 nitrogen and oxygen atoms in total. The number of hydrogen-bond donors (Lipinski definition) is 2. The summed E-state index contributed by atoms with van der Waals surface area (Å²) in [5, 5.41) is 12.2. The Balaban J connectivity index is 1.55. The number of rotatable bonds is 11. The maximum Gasteiger partial charge on any atom is 0.407 e. The number of pyridine rings is 1. The molecule has 0 saturated carbocycles. The average molecular weight is 578 g/mol. The van der Waals surface area contributed by atoms with Gasteiger partial charge in [-0.1, -0.05) is 13.3 Å². The van der Waals surface area contributed by atoms with Gasteiger partial charge in [0.2, 0.25) is 5.78 Å². The van der Waals surface area contributed by atoms with Gasteiger partial charge in [-0.05, 0) is 87.6 Å². The summed E-state index contributed by atoms with van der Waals surface area (Å²) in [6.45, 7) is 6.43. The molecule has 1 atom stereocenters. The van der Waals surface area contributed by atoms with Crippen molar-refractivity contribution in [3.63, 3.8) is 0 Å². The van der Waals surface area contributed by atoms with Crippen molar-refractivity contribution in [2.75, 3.05) is 20.2 Å². The Morgan fingerprint density at radius 3 is 2.48 bits per heavy atom. The fourth-order valence-corrected chi connectivity index (χ4v) is 5.27. The molecule has 1 saturated heterocycles. The highest BCUT2D eigenvalue weighted by atomic mass is 16.5. The number of carbonyl (C=O) groups is 4. The number of benzene rings is 1. The number of ketones is 1. The van der Waals surface area contributed by atoms with Crippen molar-refractivity contribution >= 4 is 29.3 Å². The minimum absolute atomic E-state index is 0.0354. The standard InChI is InChI=1S/C32H39N3O7/c1-5-6-8-22-17-24-18-23(30(38)33-32(2,3)19-27(36)41-4)14-16-35(24)28(22)29(37)21-10-12-25(13-11-21)42-26-9-7-15-34(20-26)31(39)40/h10-14,16-18,26H,5-9,15,19-20H2,1-4H3,(H,33,38)(H,39,40)/t26-/m1/s1. The quantitative estimate of drug-likeness (QED) is 0.240. The summed E-state index contributed by atoms with van der Waals surface area (Å²) in [7, 11) is 1.31. The number of esters is 1. The molecule has 1 aliphatic heterocycles. The second-order valence-corrected chi connectivity index (χ2v) is 11.4. The number of likely N-dealkylation sites (tertiary alicyclic amines) is 1. The first-order valence-corrected chi connectivity index (χ1v) is 14.3. The number of aromatic nitrogens is 1. The van der Waals surface area contributed by atoms with Gasteiger partial charge in [0, 0.05) is 34.9 Å². The van der Waals surface area contributed by atoms with Crippen LogP contribution in [0.5, 0.6) is 5.75 Å². The van der Waals surface area contributed by atoms with Gasteiger partial charge >= 0.3 is 12.1 Å². The van der Waals surface area contributed by atoms with E-state index in [-0.39, 0.29) is 24.2 Å². The van der Waals surface area contributed by atoms with Crippen molar-refractivity contribution in [1.82, 2.24) is 14.6 Å². The Bertz CT molecular complexity index is 1460. The Hall–Kier alpha value is -4.34. The van der Waals surface area contributed by atoms with Crippen molar-refractivity contribution < 1.29 is 33.8 Å². The van der Waals surface area contributed by atoms with Gasteiger partial charge in [0.25, 0.3) is 5.91 Å². The molecular formula is C32H39N3O7. The molecule has 2 amide bonds. The largest absolute Gasteiger partial charge is 0.489 e. The van der Waals surface area contributed by atoms with Crippen LogP contribution in [0.4, 0.5) is 4.79 Å². The Morgan fingerprint density at radius 1 is 1.07 bits per heavy atom. The lowest BCUT2D eigenvalue weighted by molar-refractivity contribution is -0.141. The van der Waals surface area contributed by atoms with Gasteiger partial charge in [-0.15, -0.1) is 0 Å². The number of piperidine rings is 1. The van der Waals surface area contributed by atoms with E-state index in [9.17, 15) is 24.3 Å². The van der Waals surface area contributed by atoms with Gasteiger partial charge in [0.15, 0.2) is 0 Å². The summed E-state index contributed by atoms with van der Waals surface area (Å²) in [6.07, 6.45) is 4.69. The number of aryl methyl sites for hydroxylation is 1. The third-order valence-electron chi connectivity index (χ3n) is 7.46. The first-order chi connectivity index (χ1) is 20.0. The predicted molar refractivity (Wildman–Crippen MR) is 157 cm³/mol. The van der Waals surface area contributed by atoms with Crippen LogP contribution >= 0.6 is 0 Å². The van der Waals surface area contributed by atoms with Gasteiger partial charge in [0.05, 0.1) is 25.8 Å². The SMILES string of the molecule is CCCCc1cc2cc(C(=O)NC(C)(C)CC(=O)OC)ccn2c1C(=O)c1ccc(O[C@@H]2CCCN(C(=O)O)C2)cc1. The molecule has 0 bridgehead atoms. The molecule has 2 N–H and O–H groups in total. The molecule has 1 aliphatic rings. The van der Waals surface area contributed by atoms with Gasteiger partial charge in [-0.2, -0.15) is 0 Å². The van der Waals surface area contributed by atoms with Crippen LogP contribution in [0.25, 0.3) is 5.52 Å². The van der Waals surface area contributed by atoms with Crippen LogP contribution < -0.4 is 10.1 Å². The summed E-state index contributed by atoms with van der Waals surface area (Å²) >= 11 is 0. The highest BCUT2D eigenvalue weighted by molar-refractivity contribution is 6.10. The minimum Gasteiger partial charge on any atom is -0.489 e. The summed E-state index contributed by atoms with van der Waals surface area (Å²) < 4.78 is 12.6. The number of carbonyl (C=O) groups excluding carboxylic acids is 3. The number of amides is 2. The number of hydrogen-bond acceptors (Lipinski definition) is 6. The number of carboxylic acid groups (broad SMARTS) is 1. The van der Waals surface area contributed by atoms with Gasteiger partial charge in [0.1, 0.15) is 11.9 Å². The second-order valence-electron chi connectivity index (χ2n) is 11.4. The van der Waals surface area contributed by atoms with E-state index in [1.165, 1.54) is 12.0 Å². The molecule has 0 spiro atoms. The maximum atomic E-state index is 13.8. The molecule has 42 heavy (non-hydrogen) atoms. The molecule has 2 aromatic heterocycles. The van der Waals surface area contributed by atoms with Crippen LogP contribution in [0.3, 0.4) is 0 Å². The number of nitrogens with zero attached hydrogens (tertiary/aromatic N) is 2. The Morgan fingerprint density at radius 2 is 1.81 bits per heavy atom. The smallest absolute Gasteiger partial charge is 0.407 e. The maximum absolute atomic E-state index is 13.8. The molecule has 224 valence electrons. The molecule has 0 aliphatic carbocycles. The first-order valence-electron chi connectivity index (χ1n) is 14.3. The molecular weight excluding hydrogens is 538 g/mol. The predicted octanol–water partition coefficient (Wildman–Crippen LogP) is 5.11. The van der Waals surface area contributed by atoms with E-state index in [0.29, 0.717) is 35.7 Å². The lowest BCUT2D eigenvalue weighted by atomic mass is 10.00. The van der Waals surface area contributed by atoms with Gasteiger partial charge < -0.3 is 29.2 Å². The van der Waals surface area contributed by atoms with E-state index >= 15 is 0 Å². The Kier molecular flexibility index (Phi) is 9.55. The van der Waals surface area contributed by atoms with Crippen LogP contribution in [-0.2, 0) is 16.0 Å². The summed E-state index contributed by atoms with van der Waals surface area (Å²) in [5.41, 5.74) is 2.31. The van der Waals surface area contributed by atoms with Gasteiger partial charge in [-0.3, -0.25) is 14.4 Å². The topological polar surface area (TPSA) is 127 Å². The average Bonchev–Trinajstić information content (AvgIpc) is 3.33. The van der Waals surface area contributed by atoms with E-state index in [1.54, 1.807) is 56.4 Å². The van der Waals surface area contributed by atoms with E-state index in [1.807, 2.05) is 10.5 Å². The zero-order valence-corrected chi connectivity index (χ0v) is 24.6. The van der Waals surface area contributed by atoms with Crippen LogP contribution in [0.2, 0.25) is 0 Å². The van der Waals surface area contributed by atoms with Crippen LogP contribution in [0.15, 0.2) is 48.7 Å². The molecule has 1 aromatic carbocycles.